The van der Waals surface area contributed by atoms with E-state index in [0.717, 1.165) is 32.1 Å². The van der Waals surface area contributed by atoms with Gasteiger partial charge in [0.1, 0.15) is 5.75 Å². The topological polar surface area (TPSA) is 30.5 Å². The Kier molecular flexibility index (Phi) is 3.52. The van der Waals surface area contributed by atoms with E-state index >= 15 is 0 Å². The molecule has 0 aromatic heterocycles. The van der Waals surface area contributed by atoms with Gasteiger partial charge in [-0.15, -0.1) is 0 Å². The highest BCUT2D eigenvalue weighted by Crippen LogP contribution is 2.34. The molecule has 0 aliphatic carbocycles. The molecule has 1 aromatic rings. The Morgan fingerprint density at radius 1 is 1.39 bits per heavy atom. The van der Waals surface area contributed by atoms with Gasteiger partial charge in [0.2, 0.25) is 0 Å². The van der Waals surface area contributed by atoms with Gasteiger partial charge in [-0.1, -0.05) is 25.1 Å². The fourth-order valence-corrected chi connectivity index (χ4v) is 2.79. The molecule has 1 fully saturated rings. The first kappa shape index (κ1) is 12.0. The average molecular weight is 247 g/mol. The quantitative estimate of drug-likeness (QED) is 0.888. The first-order chi connectivity index (χ1) is 8.84. The van der Waals surface area contributed by atoms with Crippen LogP contribution in [0.4, 0.5) is 0 Å². The standard InChI is InChI=1S/C15H21NO2/c1-11-6-7-16-8-15(11)18-10-12-9-17-14-5-3-2-4-13(12)14/h2-5,11-12,15-16H,6-10H2,1H3. The van der Waals surface area contributed by atoms with Gasteiger partial charge in [0.15, 0.2) is 0 Å². The van der Waals surface area contributed by atoms with E-state index < -0.39 is 0 Å². The molecule has 3 atom stereocenters. The van der Waals surface area contributed by atoms with Gasteiger partial charge < -0.3 is 14.8 Å². The lowest BCUT2D eigenvalue weighted by Crippen LogP contribution is -2.41. The van der Waals surface area contributed by atoms with Gasteiger partial charge in [-0.05, 0) is 24.9 Å². The van der Waals surface area contributed by atoms with Crippen LogP contribution in [-0.4, -0.2) is 32.4 Å². The second-order valence-electron chi connectivity index (χ2n) is 5.39. The minimum absolute atomic E-state index is 0.353. The zero-order valence-electron chi connectivity index (χ0n) is 10.9. The van der Waals surface area contributed by atoms with Gasteiger partial charge in [0.05, 0.1) is 19.3 Å². The summed E-state index contributed by atoms with van der Waals surface area (Å²) in [6, 6.07) is 8.29. The van der Waals surface area contributed by atoms with Crippen molar-refractivity contribution in [1.82, 2.24) is 5.32 Å². The summed E-state index contributed by atoms with van der Waals surface area (Å²) in [6.07, 6.45) is 1.56. The van der Waals surface area contributed by atoms with E-state index in [-0.39, 0.29) is 0 Å². The molecule has 0 saturated carbocycles. The van der Waals surface area contributed by atoms with E-state index in [4.69, 9.17) is 9.47 Å². The zero-order chi connectivity index (χ0) is 12.4. The van der Waals surface area contributed by atoms with E-state index in [9.17, 15) is 0 Å². The van der Waals surface area contributed by atoms with Crippen LogP contribution in [-0.2, 0) is 4.74 Å². The predicted octanol–water partition coefficient (Wildman–Crippen LogP) is 2.18. The van der Waals surface area contributed by atoms with Gasteiger partial charge in [0, 0.05) is 18.0 Å². The number of hydrogen-bond donors (Lipinski definition) is 1. The number of para-hydroxylation sites is 1. The van der Waals surface area contributed by atoms with Crippen LogP contribution in [0.3, 0.4) is 0 Å². The summed E-state index contributed by atoms with van der Waals surface area (Å²) in [7, 11) is 0. The predicted molar refractivity (Wildman–Crippen MR) is 71.1 cm³/mol. The Morgan fingerprint density at radius 2 is 2.28 bits per heavy atom. The molecule has 3 nitrogen and oxygen atoms in total. The van der Waals surface area contributed by atoms with Crippen LogP contribution in [0.25, 0.3) is 0 Å². The molecule has 3 heteroatoms. The number of rotatable bonds is 3. The van der Waals surface area contributed by atoms with Gasteiger partial charge in [-0.3, -0.25) is 0 Å². The lowest BCUT2D eigenvalue weighted by Gasteiger charge is -2.30. The van der Waals surface area contributed by atoms with Crippen molar-refractivity contribution in [3.63, 3.8) is 0 Å². The highest BCUT2D eigenvalue weighted by Gasteiger charge is 2.27. The van der Waals surface area contributed by atoms with Gasteiger partial charge in [-0.25, -0.2) is 0 Å². The molecular weight excluding hydrogens is 226 g/mol. The summed E-state index contributed by atoms with van der Waals surface area (Å²) < 4.78 is 11.8. The van der Waals surface area contributed by atoms with Crippen LogP contribution < -0.4 is 10.1 Å². The van der Waals surface area contributed by atoms with Crippen LogP contribution in [0.2, 0.25) is 0 Å². The van der Waals surface area contributed by atoms with E-state index in [1.165, 1.54) is 12.0 Å². The van der Waals surface area contributed by atoms with Crippen molar-refractivity contribution in [3.05, 3.63) is 29.8 Å². The minimum Gasteiger partial charge on any atom is -0.493 e. The number of fused-ring (bicyclic) bond motifs is 1. The lowest BCUT2D eigenvalue weighted by atomic mass is 9.97. The smallest absolute Gasteiger partial charge is 0.123 e. The molecule has 0 radical (unpaired) electrons. The summed E-state index contributed by atoms with van der Waals surface area (Å²) in [6.45, 7) is 5.92. The summed E-state index contributed by atoms with van der Waals surface area (Å²) in [5.41, 5.74) is 1.30. The fourth-order valence-electron chi connectivity index (χ4n) is 2.79. The third-order valence-corrected chi connectivity index (χ3v) is 4.07. The highest BCUT2D eigenvalue weighted by atomic mass is 16.5. The molecule has 3 unspecified atom stereocenters. The molecule has 0 bridgehead atoms. The molecule has 2 aliphatic rings. The molecular formula is C15H21NO2. The van der Waals surface area contributed by atoms with Gasteiger partial charge in [0.25, 0.3) is 0 Å². The average Bonchev–Trinajstić information content (AvgIpc) is 2.81. The van der Waals surface area contributed by atoms with Crippen LogP contribution in [0.15, 0.2) is 24.3 Å². The molecule has 18 heavy (non-hydrogen) atoms. The van der Waals surface area contributed by atoms with Crippen molar-refractivity contribution < 1.29 is 9.47 Å². The molecule has 3 rings (SSSR count). The highest BCUT2D eigenvalue weighted by molar-refractivity contribution is 5.39. The second-order valence-corrected chi connectivity index (χ2v) is 5.39. The van der Waals surface area contributed by atoms with E-state index in [2.05, 4.69) is 24.4 Å². The molecule has 0 spiro atoms. The largest absolute Gasteiger partial charge is 0.493 e. The zero-order valence-corrected chi connectivity index (χ0v) is 10.9. The second kappa shape index (κ2) is 5.29. The molecule has 98 valence electrons. The van der Waals surface area contributed by atoms with Crippen molar-refractivity contribution in [2.45, 2.75) is 25.4 Å². The maximum Gasteiger partial charge on any atom is 0.123 e. The Morgan fingerprint density at radius 3 is 3.17 bits per heavy atom. The Bertz CT molecular complexity index is 407. The maximum absolute atomic E-state index is 6.09. The third-order valence-electron chi connectivity index (χ3n) is 4.07. The van der Waals surface area contributed by atoms with Crippen LogP contribution in [0.5, 0.6) is 5.75 Å². The molecule has 1 aromatic carbocycles. The van der Waals surface area contributed by atoms with Crippen LogP contribution in [0, 0.1) is 5.92 Å². The summed E-state index contributed by atoms with van der Waals surface area (Å²) in [5, 5.41) is 3.40. The van der Waals surface area contributed by atoms with Crippen LogP contribution >= 0.6 is 0 Å². The van der Waals surface area contributed by atoms with E-state index in [1.807, 2.05) is 12.1 Å². The Labute approximate surface area is 108 Å². The summed E-state index contributed by atoms with van der Waals surface area (Å²) in [5.74, 6) is 2.08. The molecule has 1 saturated heterocycles. The number of nitrogens with one attached hydrogen (secondary N) is 1. The first-order valence-corrected chi connectivity index (χ1v) is 6.88. The van der Waals surface area contributed by atoms with Gasteiger partial charge in [-0.2, -0.15) is 0 Å². The van der Waals surface area contributed by atoms with Crippen LogP contribution in [0.1, 0.15) is 24.8 Å². The fraction of sp³-hybridized carbons (Fsp3) is 0.600. The lowest BCUT2D eigenvalue weighted by molar-refractivity contribution is -0.00485. The normalized spacial score (nSPS) is 30.8. The Hall–Kier alpha value is -1.06. The molecule has 2 heterocycles. The van der Waals surface area contributed by atoms with Crippen molar-refractivity contribution in [2.75, 3.05) is 26.3 Å². The maximum atomic E-state index is 6.09. The van der Waals surface area contributed by atoms with Crippen molar-refractivity contribution in [3.8, 4) is 5.75 Å². The summed E-state index contributed by atoms with van der Waals surface area (Å²) in [4.78, 5) is 0. The Balaban J connectivity index is 1.58. The van der Waals surface area contributed by atoms with E-state index in [0.29, 0.717) is 17.9 Å². The number of ether oxygens (including phenoxy) is 2. The van der Waals surface area contributed by atoms with Crippen molar-refractivity contribution in [2.24, 2.45) is 5.92 Å². The molecule has 2 aliphatic heterocycles. The van der Waals surface area contributed by atoms with Gasteiger partial charge >= 0.3 is 0 Å². The number of benzene rings is 1. The first-order valence-electron chi connectivity index (χ1n) is 6.88. The van der Waals surface area contributed by atoms with E-state index in [1.54, 1.807) is 0 Å². The number of hydrogen-bond acceptors (Lipinski definition) is 3. The monoisotopic (exact) mass is 247 g/mol. The number of piperidine rings is 1. The summed E-state index contributed by atoms with van der Waals surface area (Å²) >= 11 is 0. The SMILES string of the molecule is CC1CCNCC1OCC1COc2ccccc21. The van der Waals surface area contributed by atoms with Crippen molar-refractivity contribution in [1.29, 1.82) is 0 Å². The molecule has 0 amide bonds. The third kappa shape index (κ3) is 2.38. The minimum atomic E-state index is 0.353. The van der Waals surface area contributed by atoms with Crippen molar-refractivity contribution >= 4 is 0 Å². The molecule has 1 N–H and O–H groups in total.